The first-order chi connectivity index (χ1) is 8.74. The zero-order valence-electron chi connectivity index (χ0n) is 9.51. The van der Waals surface area contributed by atoms with Crippen molar-refractivity contribution in [3.63, 3.8) is 0 Å². The Balaban J connectivity index is 1.91. The Kier molecular flexibility index (Phi) is 2.29. The van der Waals surface area contributed by atoms with Crippen LogP contribution in [0.5, 0.6) is 0 Å². The third kappa shape index (κ3) is 1.71. The van der Waals surface area contributed by atoms with E-state index in [1.165, 1.54) is 4.68 Å². The van der Waals surface area contributed by atoms with Crippen LogP contribution in [-0.4, -0.2) is 35.2 Å². The standard InChI is InChI=1S/C9H10N8O/c1-17-7-6(4-12-17)13-9(14-8(7)18)10-2-5-3-11-16-15-5/h3-4H,2H2,1H3,(H,11,15,16)(H2,10,13,14,18). The van der Waals surface area contributed by atoms with E-state index >= 15 is 0 Å². The highest BCUT2D eigenvalue weighted by Crippen LogP contribution is 2.07. The number of aromatic nitrogens is 7. The number of H-pyrrole nitrogens is 2. The first-order valence-electron chi connectivity index (χ1n) is 5.24. The molecule has 0 atom stereocenters. The van der Waals surface area contributed by atoms with Crippen molar-refractivity contribution >= 4 is 17.0 Å². The fourth-order valence-electron chi connectivity index (χ4n) is 1.65. The van der Waals surface area contributed by atoms with E-state index in [1.54, 1.807) is 19.4 Å². The first-order valence-corrected chi connectivity index (χ1v) is 5.24. The maximum Gasteiger partial charge on any atom is 0.278 e. The second kappa shape index (κ2) is 3.95. The van der Waals surface area contributed by atoms with Crippen molar-refractivity contribution < 1.29 is 0 Å². The summed E-state index contributed by atoms with van der Waals surface area (Å²) in [6, 6.07) is 0. The number of aryl methyl sites for hydroxylation is 1. The minimum atomic E-state index is -0.234. The summed E-state index contributed by atoms with van der Waals surface area (Å²) in [5, 5.41) is 17.0. The number of nitrogens with one attached hydrogen (secondary N) is 3. The van der Waals surface area contributed by atoms with Gasteiger partial charge >= 0.3 is 0 Å². The van der Waals surface area contributed by atoms with Gasteiger partial charge < -0.3 is 5.32 Å². The van der Waals surface area contributed by atoms with Gasteiger partial charge in [0, 0.05) is 7.05 Å². The third-order valence-electron chi connectivity index (χ3n) is 2.50. The number of rotatable bonds is 3. The zero-order chi connectivity index (χ0) is 12.5. The topological polar surface area (TPSA) is 117 Å². The SMILES string of the molecule is Cn1ncc2nc(NCc3cn[nH]n3)[nH]c(=O)c21. The van der Waals surface area contributed by atoms with Crippen LogP contribution in [0.1, 0.15) is 5.69 Å². The van der Waals surface area contributed by atoms with Crippen molar-refractivity contribution in [2.45, 2.75) is 6.54 Å². The van der Waals surface area contributed by atoms with E-state index in [9.17, 15) is 4.79 Å². The predicted octanol–water partition coefficient (Wildman–Crippen LogP) is -0.613. The summed E-state index contributed by atoms with van der Waals surface area (Å²) in [6.45, 7) is 0.422. The largest absolute Gasteiger partial charge is 0.350 e. The molecule has 9 heteroatoms. The highest BCUT2D eigenvalue weighted by molar-refractivity contribution is 5.73. The molecule has 0 fully saturated rings. The molecule has 3 heterocycles. The normalized spacial score (nSPS) is 10.9. The number of aromatic amines is 2. The quantitative estimate of drug-likeness (QED) is 0.567. The average Bonchev–Trinajstić information content (AvgIpc) is 2.97. The first kappa shape index (κ1) is 10.4. The van der Waals surface area contributed by atoms with E-state index < -0.39 is 0 Å². The van der Waals surface area contributed by atoms with Crippen LogP contribution in [0.3, 0.4) is 0 Å². The molecule has 0 spiro atoms. The second-order valence-electron chi connectivity index (χ2n) is 3.73. The van der Waals surface area contributed by atoms with E-state index in [4.69, 9.17) is 0 Å². The number of hydrogen-bond donors (Lipinski definition) is 3. The van der Waals surface area contributed by atoms with E-state index in [0.29, 0.717) is 23.5 Å². The summed E-state index contributed by atoms with van der Waals surface area (Å²) >= 11 is 0. The summed E-state index contributed by atoms with van der Waals surface area (Å²) in [5.74, 6) is 0.378. The molecule has 0 saturated carbocycles. The van der Waals surface area contributed by atoms with Gasteiger partial charge in [0.05, 0.1) is 18.9 Å². The molecule has 3 aromatic heterocycles. The Labute approximate surface area is 100 Å². The van der Waals surface area contributed by atoms with Gasteiger partial charge in [0.15, 0.2) is 5.52 Å². The van der Waals surface area contributed by atoms with Crippen molar-refractivity contribution in [3.05, 3.63) is 28.4 Å². The molecule has 0 unspecified atom stereocenters. The van der Waals surface area contributed by atoms with Crippen molar-refractivity contribution in [3.8, 4) is 0 Å². The van der Waals surface area contributed by atoms with Gasteiger partial charge in [0.1, 0.15) is 11.2 Å². The van der Waals surface area contributed by atoms with Gasteiger partial charge in [-0.25, -0.2) is 4.98 Å². The van der Waals surface area contributed by atoms with E-state index in [2.05, 4.69) is 35.8 Å². The van der Waals surface area contributed by atoms with Crippen molar-refractivity contribution in [1.82, 2.24) is 35.2 Å². The smallest absolute Gasteiger partial charge is 0.278 e. The molecule has 3 rings (SSSR count). The molecule has 0 bridgehead atoms. The second-order valence-corrected chi connectivity index (χ2v) is 3.73. The molecule has 0 saturated heterocycles. The summed E-state index contributed by atoms with van der Waals surface area (Å²) in [6.07, 6.45) is 3.14. The molecule has 0 amide bonds. The summed E-state index contributed by atoms with van der Waals surface area (Å²) in [7, 11) is 1.70. The zero-order valence-corrected chi connectivity index (χ0v) is 9.51. The lowest BCUT2D eigenvalue weighted by molar-refractivity contribution is 0.792. The van der Waals surface area contributed by atoms with Crippen molar-refractivity contribution in [1.29, 1.82) is 0 Å². The summed E-state index contributed by atoms with van der Waals surface area (Å²) in [4.78, 5) is 18.7. The van der Waals surface area contributed by atoms with E-state index in [0.717, 1.165) is 5.69 Å². The van der Waals surface area contributed by atoms with Crippen LogP contribution < -0.4 is 10.9 Å². The average molecular weight is 246 g/mol. The highest BCUT2D eigenvalue weighted by Gasteiger charge is 2.08. The lowest BCUT2D eigenvalue weighted by Gasteiger charge is -2.02. The molecule has 9 nitrogen and oxygen atoms in total. The lowest BCUT2D eigenvalue weighted by atomic mass is 10.4. The van der Waals surface area contributed by atoms with Crippen molar-refractivity contribution in [2.24, 2.45) is 7.05 Å². The number of fused-ring (bicyclic) bond motifs is 1. The van der Waals surface area contributed by atoms with Gasteiger partial charge in [-0.15, -0.1) is 0 Å². The Morgan fingerprint density at radius 3 is 3.11 bits per heavy atom. The molecule has 92 valence electrons. The molecule has 0 aliphatic carbocycles. The van der Waals surface area contributed by atoms with Crippen LogP contribution in [0, 0.1) is 0 Å². The fraction of sp³-hybridized carbons (Fsp3) is 0.222. The summed E-state index contributed by atoms with van der Waals surface area (Å²) < 4.78 is 1.49. The van der Waals surface area contributed by atoms with Gasteiger partial charge in [-0.1, -0.05) is 0 Å². The number of hydrogen-bond acceptors (Lipinski definition) is 6. The number of nitrogens with zero attached hydrogens (tertiary/aromatic N) is 5. The Morgan fingerprint density at radius 2 is 2.33 bits per heavy atom. The molecule has 0 radical (unpaired) electrons. The molecular formula is C9H10N8O. The molecule has 0 aromatic carbocycles. The van der Waals surface area contributed by atoms with Crippen LogP contribution >= 0.6 is 0 Å². The van der Waals surface area contributed by atoms with Crippen LogP contribution in [0.15, 0.2) is 17.2 Å². The minimum absolute atomic E-state index is 0.234. The number of anilines is 1. The van der Waals surface area contributed by atoms with Crippen LogP contribution in [0.2, 0.25) is 0 Å². The molecular weight excluding hydrogens is 236 g/mol. The Hall–Kier alpha value is -2.71. The van der Waals surface area contributed by atoms with Gasteiger partial charge in [-0.2, -0.15) is 20.5 Å². The molecule has 0 aliphatic rings. The van der Waals surface area contributed by atoms with Gasteiger partial charge in [-0.3, -0.25) is 14.5 Å². The third-order valence-corrected chi connectivity index (χ3v) is 2.50. The van der Waals surface area contributed by atoms with Gasteiger partial charge in [-0.05, 0) is 0 Å². The van der Waals surface area contributed by atoms with Crippen LogP contribution in [0.4, 0.5) is 5.95 Å². The Bertz CT molecular complexity index is 725. The Morgan fingerprint density at radius 1 is 1.44 bits per heavy atom. The molecule has 3 N–H and O–H groups in total. The van der Waals surface area contributed by atoms with Crippen molar-refractivity contribution in [2.75, 3.05) is 5.32 Å². The molecule has 3 aromatic rings. The maximum atomic E-state index is 11.8. The van der Waals surface area contributed by atoms with Gasteiger partial charge in [0.2, 0.25) is 5.95 Å². The monoisotopic (exact) mass is 246 g/mol. The van der Waals surface area contributed by atoms with Crippen LogP contribution in [-0.2, 0) is 13.6 Å². The van der Waals surface area contributed by atoms with E-state index in [-0.39, 0.29) is 5.56 Å². The van der Waals surface area contributed by atoms with E-state index in [1.807, 2.05) is 0 Å². The highest BCUT2D eigenvalue weighted by atomic mass is 16.1. The molecule has 18 heavy (non-hydrogen) atoms. The maximum absolute atomic E-state index is 11.8. The predicted molar refractivity (Wildman–Crippen MR) is 62.8 cm³/mol. The lowest BCUT2D eigenvalue weighted by Crippen LogP contribution is -2.15. The fourth-order valence-corrected chi connectivity index (χ4v) is 1.65. The van der Waals surface area contributed by atoms with Crippen LogP contribution in [0.25, 0.3) is 11.0 Å². The molecule has 0 aliphatic heterocycles. The minimum Gasteiger partial charge on any atom is -0.350 e. The summed E-state index contributed by atoms with van der Waals surface area (Å²) in [5.41, 5.74) is 1.48. The van der Waals surface area contributed by atoms with Gasteiger partial charge in [0.25, 0.3) is 5.56 Å².